The number of hydrogen-bond donors (Lipinski definition) is 3. The van der Waals surface area contributed by atoms with Crippen molar-refractivity contribution in [2.24, 2.45) is 11.8 Å². The normalized spacial score (nSPS) is 26.2. The summed E-state index contributed by atoms with van der Waals surface area (Å²) >= 11 is 0. The van der Waals surface area contributed by atoms with Crippen molar-refractivity contribution in [1.29, 1.82) is 0 Å². The van der Waals surface area contributed by atoms with E-state index >= 15 is 0 Å². The van der Waals surface area contributed by atoms with Crippen LogP contribution < -0.4 is 4.74 Å². The second-order valence-corrected chi connectivity index (χ2v) is 9.12. The number of fused-ring (bicyclic) bond motifs is 2. The maximum Gasteiger partial charge on any atom is 0.338 e. The SMILES string of the molecule is Cc1cc(F)ccc1C(C)C(O)/C=C/[C@@H]1[C@H]2CCc3ccc(C(=O)O)c(F)c3O[C@H]2C[C@H]1O. The Kier molecular flexibility index (Phi) is 6.54. The van der Waals surface area contributed by atoms with Gasteiger partial charge in [0, 0.05) is 24.2 Å². The van der Waals surface area contributed by atoms with Gasteiger partial charge in [-0.2, -0.15) is 0 Å². The van der Waals surface area contributed by atoms with Crippen molar-refractivity contribution in [1.82, 2.24) is 0 Å². The van der Waals surface area contributed by atoms with Crippen molar-refractivity contribution in [3.05, 3.63) is 76.4 Å². The van der Waals surface area contributed by atoms with E-state index in [9.17, 15) is 28.9 Å². The van der Waals surface area contributed by atoms with E-state index in [0.29, 0.717) is 24.8 Å². The number of benzene rings is 2. The van der Waals surface area contributed by atoms with Crippen LogP contribution in [0.5, 0.6) is 5.75 Å². The van der Waals surface area contributed by atoms with Crippen LogP contribution in [0.4, 0.5) is 8.78 Å². The third-order valence-electron chi connectivity index (χ3n) is 7.08. The standard InChI is InChI=1S/C26H28F2O5/c1-13-11-16(27)5-8-17(13)14(2)21(29)10-9-18-19-6-3-15-4-7-20(26(31)32)24(28)25(15)33-23(19)12-22(18)30/h4-5,7-11,14,18-19,21-23,29-30H,3,6,12H2,1-2H3,(H,31,32)/b10-9+/t14?,18-,19-,21?,22-,23+/m1/s1. The topological polar surface area (TPSA) is 87.0 Å². The van der Waals surface area contributed by atoms with E-state index in [4.69, 9.17) is 4.74 Å². The van der Waals surface area contributed by atoms with Crippen LogP contribution in [0.1, 0.15) is 52.7 Å². The van der Waals surface area contributed by atoms with Crippen molar-refractivity contribution < 1.29 is 33.6 Å². The monoisotopic (exact) mass is 458 g/mol. The van der Waals surface area contributed by atoms with Crippen molar-refractivity contribution >= 4 is 5.97 Å². The molecule has 1 heterocycles. The van der Waals surface area contributed by atoms with Crippen molar-refractivity contribution in [3.63, 3.8) is 0 Å². The minimum absolute atomic E-state index is 0.0420. The number of aliphatic hydroxyl groups is 2. The van der Waals surface area contributed by atoms with Crippen LogP contribution in [-0.4, -0.2) is 39.6 Å². The summed E-state index contributed by atoms with van der Waals surface area (Å²) in [5.74, 6) is -3.27. The number of aromatic carboxylic acids is 1. The summed E-state index contributed by atoms with van der Waals surface area (Å²) in [4.78, 5) is 11.3. The Labute approximate surface area is 191 Å². The van der Waals surface area contributed by atoms with Gasteiger partial charge < -0.3 is 20.1 Å². The third-order valence-corrected chi connectivity index (χ3v) is 7.08. The Balaban J connectivity index is 1.51. The first-order valence-corrected chi connectivity index (χ1v) is 11.2. The van der Waals surface area contributed by atoms with Crippen LogP contribution in [0.3, 0.4) is 0 Å². The summed E-state index contributed by atoms with van der Waals surface area (Å²) in [5, 5.41) is 30.6. The molecule has 0 spiro atoms. The van der Waals surface area contributed by atoms with E-state index in [0.717, 1.165) is 11.1 Å². The van der Waals surface area contributed by atoms with Crippen LogP contribution in [0.2, 0.25) is 0 Å². The molecule has 2 unspecified atom stereocenters. The summed E-state index contributed by atoms with van der Waals surface area (Å²) in [6.07, 6.45) is 2.87. The van der Waals surface area contributed by atoms with Gasteiger partial charge in [-0.1, -0.05) is 31.2 Å². The van der Waals surface area contributed by atoms with Gasteiger partial charge in [-0.25, -0.2) is 13.6 Å². The maximum atomic E-state index is 14.8. The molecule has 1 fully saturated rings. The highest BCUT2D eigenvalue weighted by Crippen LogP contribution is 2.43. The van der Waals surface area contributed by atoms with Crippen LogP contribution in [-0.2, 0) is 6.42 Å². The van der Waals surface area contributed by atoms with Crippen LogP contribution >= 0.6 is 0 Å². The average molecular weight is 459 g/mol. The Morgan fingerprint density at radius 2 is 2.00 bits per heavy atom. The first-order valence-electron chi connectivity index (χ1n) is 11.2. The molecule has 1 aliphatic carbocycles. The maximum absolute atomic E-state index is 14.8. The quantitative estimate of drug-likeness (QED) is 0.579. The third kappa shape index (κ3) is 4.52. The molecular weight excluding hydrogens is 430 g/mol. The molecular formula is C26H28F2O5. The summed E-state index contributed by atoms with van der Waals surface area (Å²) in [6.45, 7) is 3.66. The Hall–Kier alpha value is -2.77. The molecule has 0 bridgehead atoms. The first-order chi connectivity index (χ1) is 15.7. The zero-order valence-electron chi connectivity index (χ0n) is 18.5. The number of carboxylic acids is 1. The summed E-state index contributed by atoms with van der Waals surface area (Å²) in [5.41, 5.74) is 1.78. The molecule has 0 saturated heterocycles. The number of hydrogen-bond acceptors (Lipinski definition) is 4. The molecule has 2 aliphatic rings. The molecule has 176 valence electrons. The van der Waals surface area contributed by atoms with Gasteiger partial charge in [-0.15, -0.1) is 0 Å². The van der Waals surface area contributed by atoms with Gasteiger partial charge in [0.05, 0.1) is 17.8 Å². The predicted octanol–water partition coefficient (Wildman–Crippen LogP) is 4.38. The van der Waals surface area contributed by atoms with Crippen molar-refractivity contribution in [2.45, 2.75) is 57.3 Å². The molecule has 2 aromatic rings. The van der Waals surface area contributed by atoms with Gasteiger partial charge in [0.2, 0.25) is 0 Å². The van der Waals surface area contributed by atoms with Gasteiger partial charge in [0.1, 0.15) is 11.9 Å². The predicted molar refractivity (Wildman–Crippen MR) is 118 cm³/mol. The lowest BCUT2D eigenvalue weighted by Gasteiger charge is -2.23. The summed E-state index contributed by atoms with van der Waals surface area (Å²) in [7, 11) is 0. The Morgan fingerprint density at radius 1 is 1.24 bits per heavy atom. The van der Waals surface area contributed by atoms with Crippen molar-refractivity contribution in [3.8, 4) is 5.75 Å². The lowest BCUT2D eigenvalue weighted by atomic mass is 9.86. The largest absolute Gasteiger partial charge is 0.487 e. The van der Waals surface area contributed by atoms with E-state index in [1.165, 1.54) is 18.2 Å². The van der Waals surface area contributed by atoms with Gasteiger partial charge in [-0.05, 0) is 54.7 Å². The van der Waals surface area contributed by atoms with E-state index in [1.807, 2.05) is 6.92 Å². The molecule has 3 N–H and O–H groups in total. The van der Waals surface area contributed by atoms with Crippen LogP contribution in [0, 0.1) is 30.4 Å². The molecule has 1 aliphatic heterocycles. The average Bonchev–Trinajstić information content (AvgIpc) is 2.93. The number of ether oxygens (including phenoxy) is 1. The molecule has 4 rings (SSSR count). The minimum atomic E-state index is -1.36. The Bertz CT molecular complexity index is 1080. The number of aryl methyl sites for hydroxylation is 2. The molecule has 2 aromatic carbocycles. The molecule has 6 atom stereocenters. The fourth-order valence-electron chi connectivity index (χ4n) is 5.19. The molecule has 7 heteroatoms. The number of carboxylic acid groups (broad SMARTS) is 1. The number of aliphatic hydroxyl groups excluding tert-OH is 2. The van der Waals surface area contributed by atoms with E-state index in [1.54, 1.807) is 31.2 Å². The molecule has 1 saturated carbocycles. The number of rotatable bonds is 5. The fraction of sp³-hybridized carbons (Fsp3) is 0.423. The number of carbonyl (C=O) groups is 1. The summed E-state index contributed by atoms with van der Waals surface area (Å²) < 4.78 is 34.1. The minimum Gasteiger partial charge on any atom is -0.487 e. The number of halogens is 2. The van der Waals surface area contributed by atoms with Gasteiger partial charge in [0.25, 0.3) is 0 Å². The van der Waals surface area contributed by atoms with Crippen LogP contribution in [0.25, 0.3) is 0 Å². The highest BCUT2D eigenvalue weighted by atomic mass is 19.1. The van der Waals surface area contributed by atoms with Gasteiger partial charge in [-0.3, -0.25) is 0 Å². The Morgan fingerprint density at radius 3 is 2.70 bits per heavy atom. The molecule has 5 nitrogen and oxygen atoms in total. The highest BCUT2D eigenvalue weighted by molar-refractivity contribution is 5.88. The lowest BCUT2D eigenvalue weighted by molar-refractivity contribution is 0.0688. The highest BCUT2D eigenvalue weighted by Gasteiger charge is 2.44. The fourth-order valence-corrected chi connectivity index (χ4v) is 5.19. The molecule has 0 aromatic heterocycles. The van der Waals surface area contributed by atoms with Gasteiger partial charge in [0.15, 0.2) is 11.6 Å². The molecule has 0 amide bonds. The molecule has 0 radical (unpaired) electrons. The zero-order valence-corrected chi connectivity index (χ0v) is 18.5. The second kappa shape index (κ2) is 9.23. The summed E-state index contributed by atoms with van der Waals surface area (Å²) in [6, 6.07) is 7.31. The lowest BCUT2D eigenvalue weighted by Crippen LogP contribution is -2.24. The van der Waals surface area contributed by atoms with Crippen molar-refractivity contribution in [2.75, 3.05) is 0 Å². The first kappa shape index (κ1) is 23.4. The van der Waals surface area contributed by atoms with E-state index < -0.39 is 35.7 Å². The van der Waals surface area contributed by atoms with E-state index in [2.05, 4.69) is 0 Å². The van der Waals surface area contributed by atoms with Crippen LogP contribution in [0.15, 0.2) is 42.5 Å². The molecule has 33 heavy (non-hydrogen) atoms. The van der Waals surface area contributed by atoms with Gasteiger partial charge >= 0.3 is 5.97 Å². The second-order valence-electron chi connectivity index (χ2n) is 9.12. The van der Waals surface area contributed by atoms with E-state index in [-0.39, 0.29) is 29.3 Å². The smallest absolute Gasteiger partial charge is 0.338 e. The zero-order chi connectivity index (χ0) is 23.9.